The van der Waals surface area contributed by atoms with E-state index in [1.165, 1.54) is 12.1 Å². The van der Waals surface area contributed by atoms with Crippen LogP contribution in [0.2, 0.25) is 0 Å². The summed E-state index contributed by atoms with van der Waals surface area (Å²) in [7, 11) is 0. The van der Waals surface area contributed by atoms with E-state index in [-0.39, 0.29) is 22.2 Å². The number of anilines is 1. The van der Waals surface area contributed by atoms with Crippen molar-refractivity contribution < 1.29 is 19.8 Å². The van der Waals surface area contributed by atoms with Crippen LogP contribution in [0.15, 0.2) is 12.1 Å². The molecule has 0 aromatic heterocycles. The number of rotatable bonds is 8. The fourth-order valence-corrected chi connectivity index (χ4v) is 5.41. The Bertz CT molecular complexity index is 712. The van der Waals surface area contributed by atoms with E-state index in [0.717, 1.165) is 44.9 Å². The van der Waals surface area contributed by atoms with Crippen LogP contribution in [0, 0.1) is 0 Å². The number of carboxylic acid groups (broad SMARTS) is 2. The van der Waals surface area contributed by atoms with Crippen molar-refractivity contribution in [2.45, 2.75) is 97.1 Å². The van der Waals surface area contributed by atoms with E-state index >= 15 is 0 Å². The number of carbonyl (C=O) groups is 2. The number of aromatic carboxylic acids is 2. The van der Waals surface area contributed by atoms with Crippen molar-refractivity contribution in [3.63, 3.8) is 0 Å². The van der Waals surface area contributed by atoms with Crippen LogP contribution in [0.5, 0.6) is 0 Å². The lowest BCUT2D eigenvalue weighted by molar-refractivity contribution is 0.0678. The molecule has 1 aliphatic heterocycles. The second-order valence-electron chi connectivity index (χ2n) is 8.00. The summed E-state index contributed by atoms with van der Waals surface area (Å²) < 4.78 is 0. The molecule has 5 heteroatoms. The first-order valence-corrected chi connectivity index (χ1v) is 10.7. The molecule has 0 radical (unpaired) electrons. The average Bonchev–Trinajstić information content (AvgIpc) is 2.71. The van der Waals surface area contributed by atoms with Gasteiger partial charge in [0, 0.05) is 11.1 Å². The number of hydrogen-bond donors (Lipinski definition) is 2. The Balaban J connectivity index is 2.97. The summed E-state index contributed by atoms with van der Waals surface area (Å²) in [6.07, 6.45) is 7.23. The fraction of sp³-hybridized carbons (Fsp3) is 0.652. The quantitative estimate of drug-likeness (QED) is 0.591. The first-order valence-electron chi connectivity index (χ1n) is 10.7. The van der Waals surface area contributed by atoms with E-state index in [2.05, 4.69) is 32.6 Å². The van der Waals surface area contributed by atoms with Crippen LogP contribution in [0.4, 0.5) is 5.69 Å². The molecule has 1 saturated heterocycles. The lowest BCUT2D eigenvalue weighted by atomic mass is 9.70. The summed E-state index contributed by atoms with van der Waals surface area (Å²) in [4.78, 5) is 26.5. The molecule has 5 nitrogen and oxygen atoms in total. The Hall–Kier alpha value is -2.04. The van der Waals surface area contributed by atoms with Crippen LogP contribution >= 0.6 is 0 Å². The highest BCUT2D eigenvalue weighted by atomic mass is 16.4. The molecule has 0 unspecified atom stereocenters. The third-order valence-corrected chi connectivity index (χ3v) is 7.19. The lowest BCUT2D eigenvalue weighted by Gasteiger charge is -2.60. The fourth-order valence-electron chi connectivity index (χ4n) is 5.41. The molecule has 0 spiro atoms. The van der Waals surface area contributed by atoms with Gasteiger partial charge in [0.05, 0.1) is 16.8 Å². The third-order valence-electron chi connectivity index (χ3n) is 7.19. The molecule has 1 heterocycles. The van der Waals surface area contributed by atoms with Gasteiger partial charge >= 0.3 is 11.9 Å². The van der Waals surface area contributed by atoms with Gasteiger partial charge in [0.1, 0.15) is 0 Å². The molecule has 1 fully saturated rings. The number of piperidine rings is 1. The summed E-state index contributed by atoms with van der Waals surface area (Å²) in [5, 5.41) is 19.8. The summed E-state index contributed by atoms with van der Waals surface area (Å²) >= 11 is 0. The number of hydrogen-bond acceptors (Lipinski definition) is 3. The SMILES string of the molecule is CCc1c(C(=O)O)ccc(C(=O)O)c1N1C(CC)(CC)CCCC1(CC)CC. The normalized spacial score (nSPS) is 18.1. The topological polar surface area (TPSA) is 77.8 Å². The summed E-state index contributed by atoms with van der Waals surface area (Å²) in [6.45, 7) is 10.6. The van der Waals surface area contributed by atoms with E-state index in [1.807, 2.05) is 6.92 Å². The van der Waals surface area contributed by atoms with Gasteiger partial charge in [-0.05, 0) is 69.1 Å². The molecule has 2 rings (SSSR count). The van der Waals surface area contributed by atoms with Crippen LogP contribution < -0.4 is 4.90 Å². The summed E-state index contributed by atoms with van der Waals surface area (Å²) in [5.74, 6) is -1.99. The Labute approximate surface area is 168 Å². The highest BCUT2D eigenvalue weighted by Gasteiger charge is 2.49. The minimum Gasteiger partial charge on any atom is -0.478 e. The number of carboxylic acids is 2. The first kappa shape index (κ1) is 22.3. The molecule has 0 saturated carbocycles. The highest BCUT2D eigenvalue weighted by Crippen LogP contribution is 2.50. The van der Waals surface area contributed by atoms with Crippen LogP contribution in [0.1, 0.15) is 106 Å². The Morgan fingerprint density at radius 2 is 1.29 bits per heavy atom. The Morgan fingerprint density at radius 1 is 0.857 bits per heavy atom. The van der Waals surface area contributed by atoms with Crippen molar-refractivity contribution in [1.29, 1.82) is 0 Å². The maximum absolute atomic E-state index is 12.2. The van der Waals surface area contributed by atoms with Crippen molar-refractivity contribution in [3.05, 3.63) is 28.8 Å². The standard InChI is InChI=1S/C23H35NO4/c1-6-16-17(20(25)26)12-13-18(21(27)28)19(16)24-22(7-2,8-3)14-11-15-23(24,9-4)10-5/h12-13H,6-11,14-15H2,1-5H3,(H,25,26)(H,27,28). The maximum Gasteiger partial charge on any atom is 0.337 e. The molecule has 156 valence electrons. The molecule has 0 atom stereocenters. The van der Waals surface area contributed by atoms with Crippen LogP contribution in [0.25, 0.3) is 0 Å². The Morgan fingerprint density at radius 3 is 1.64 bits per heavy atom. The molecular formula is C23H35NO4. The number of nitrogens with zero attached hydrogens (tertiary/aromatic N) is 1. The van der Waals surface area contributed by atoms with E-state index in [1.54, 1.807) is 0 Å². The van der Waals surface area contributed by atoms with E-state index in [0.29, 0.717) is 17.7 Å². The van der Waals surface area contributed by atoms with Crippen molar-refractivity contribution in [2.75, 3.05) is 4.90 Å². The molecule has 2 N–H and O–H groups in total. The van der Waals surface area contributed by atoms with Crippen molar-refractivity contribution in [3.8, 4) is 0 Å². The molecule has 28 heavy (non-hydrogen) atoms. The first-order chi connectivity index (χ1) is 13.3. The second-order valence-corrected chi connectivity index (χ2v) is 8.00. The van der Waals surface area contributed by atoms with Crippen LogP contribution in [0.3, 0.4) is 0 Å². The zero-order valence-corrected chi connectivity index (χ0v) is 18.0. The predicted octanol–water partition coefficient (Wildman–Crippen LogP) is 5.75. The van der Waals surface area contributed by atoms with Gasteiger partial charge in [-0.2, -0.15) is 0 Å². The van der Waals surface area contributed by atoms with Gasteiger partial charge in [0.25, 0.3) is 0 Å². The number of benzene rings is 1. The van der Waals surface area contributed by atoms with Gasteiger partial charge in [-0.3, -0.25) is 0 Å². The minimum atomic E-state index is -0.996. The average molecular weight is 390 g/mol. The largest absolute Gasteiger partial charge is 0.478 e. The van der Waals surface area contributed by atoms with Crippen molar-refractivity contribution in [2.24, 2.45) is 0 Å². The predicted molar refractivity (Wildman–Crippen MR) is 113 cm³/mol. The van der Waals surface area contributed by atoms with E-state index < -0.39 is 11.9 Å². The second kappa shape index (κ2) is 8.54. The molecule has 0 amide bonds. The Kier molecular flexibility index (Phi) is 6.79. The summed E-state index contributed by atoms with van der Waals surface area (Å²) in [6, 6.07) is 2.94. The summed E-state index contributed by atoms with van der Waals surface area (Å²) in [5.41, 5.74) is 1.41. The van der Waals surface area contributed by atoms with Gasteiger partial charge in [-0.25, -0.2) is 9.59 Å². The molecule has 1 aliphatic rings. The molecule has 1 aromatic rings. The van der Waals surface area contributed by atoms with Gasteiger partial charge in [0.2, 0.25) is 0 Å². The smallest absolute Gasteiger partial charge is 0.337 e. The molecular weight excluding hydrogens is 354 g/mol. The van der Waals surface area contributed by atoms with Gasteiger partial charge < -0.3 is 15.1 Å². The maximum atomic E-state index is 12.2. The molecule has 0 aliphatic carbocycles. The van der Waals surface area contributed by atoms with Crippen LogP contribution in [-0.2, 0) is 6.42 Å². The van der Waals surface area contributed by atoms with Crippen molar-refractivity contribution >= 4 is 17.6 Å². The third kappa shape index (κ3) is 3.40. The molecule has 0 bridgehead atoms. The van der Waals surface area contributed by atoms with Gasteiger partial charge in [0.15, 0.2) is 0 Å². The molecule has 1 aromatic carbocycles. The highest BCUT2D eigenvalue weighted by molar-refractivity contribution is 6.00. The minimum absolute atomic E-state index is 0.157. The van der Waals surface area contributed by atoms with Gasteiger partial charge in [-0.15, -0.1) is 0 Å². The van der Waals surface area contributed by atoms with Crippen LogP contribution in [-0.4, -0.2) is 33.2 Å². The van der Waals surface area contributed by atoms with Crippen molar-refractivity contribution in [1.82, 2.24) is 0 Å². The zero-order valence-electron chi connectivity index (χ0n) is 18.0. The van der Waals surface area contributed by atoms with E-state index in [9.17, 15) is 19.8 Å². The van der Waals surface area contributed by atoms with Gasteiger partial charge in [-0.1, -0.05) is 34.6 Å². The lowest BCUT2D eigenvalue weighted by Crippen LogP contribution is -2.64. The monoisotopic (exact) mass is 389 g/mol. The van der Waals surface area contributed by atoms with E-state index in [4.69, 9.17) is 0 Å². The zero-order chi connectivity index (χ0) is 21.1.